The van der Waals surface area contributed by atoms with Crippen LogP contribution in [0.4, 0.5) is 8.78 Å². The van der Waals surface area contributed by atoms with Crippen molar-refractivity contribution in [1.29, 1.82) is 0 Å². The van der Waals surface area contributed by atoms with E-state index < -0.39 is 18.4 Å². The van der Waals surface area contributed by atoms with Crippen LogP contribution in [0.1, 0.15) is 39.2 Å². The monoisotopic (exact) mass is 637 g/mol. The number of aliphatic imine (C=N–C) groups is 1. The highest BCUT2D eigenvalue weighted by Crippen LogP contribution is 2.36. The van der Waals surface area contributed by atoms with Gasteiger partial charge in [0.05, 0.1) is 17.7 Å². The number of nitrogens with one attached hydrogen (secondary N) is 3. The average molecular weight is 638 g/mol. The summed E-state index contributed by atoms with van der Waals surface area (Å²) < 4.78 is 29.7. The molecular weight excluding hydrogens is 596 g/mol. The van der Waals surface area contributed by atoms with Gasteiger partial charge < -0.3 is 40.5 Å². The van der Waals surface area contributed by atoms with Gasteiger partial charge in [-0.25, -0.2) is 4.99 Å². The Bertz CT molecular complexity index is 1510. The molecule has 0 bridgehead atoms. The van der Waals surface area contributed by atoms with Crippen molar-refractivity contribution in [2.45, 2.75) is 52.0 Å². The number of β-amino-alcohol motifs (C(OH)–C–C–N with tert-alkyl or cyclic N) is 1. The van der Waals surface area contributed by atoms with Crippen LogP contribution in [-0.2, 0) is 9.59 Å². The van der Waals surface area contributed by atoms with Crippen LogP contribution in [0.25, 0.3) is 5.70 Å². The number of hydrogen-bond donors (Lipinski definition) is 4. The van der Waals surface area contributed by atoms with Gasteiger partial charge in [0.25, 0.3) is 0 Å². The van der Waals surface area contributed by atoms with Crippen molar-refractivity contribution in [2.24, 2.45) is 16.8 Å². The third-order valence-corrected chi connectivity index (χ3v) is 9.54. The highest BCUT2D eigenvalue weighted by Gasteiger charge is 2.44. The number of amides is 2. The van der Waals surface area contributed by atoms with Crippen LogP contribution >= 0.6 is 0 Å². The number of allylic oxidation sites excluding steroid dienone is 3. The Morgan fingerprint density at radius 3 is 2.57 bits per heavy atom. The van der Waals surface area contributed by atoms with E-state index in [-0.39, 0.29) is 29.4 Å². The third-order valence-electron chi connectivity index (χ3n) is 9.54. The van der Waals surface area contributed by atoms with Crippen LogP contribution in [0.3, 0.4) is 0 Å². The zero-order valence-corrected chi connectivity index (χ0v) is 26.3. The number of amidine groups is 1. The fourth-order valence-corrected chi connectivity index (χ4v) is 6.76. The van der Waals surface area contributed by atoms with Gasteiger partial charge in [-0.2, -0.15) is 8.78 Å². The predicted molar refractivity (Wildman–Crippen MR) is 169 cm³/mol. The zero-order chi connectivity index (χ0) is 32.6. The lowest BCUT2D eigenvalue weighted by Crippen LogP contribution is -2.59. The molecule has 1 aliphatic carbocycles. The van der Waals surface area contributed by atoms with E-state index in [9.17, 15) is 23.5 Å². The molecule has 4 aliphatic heterocycles. The number of nitrogens with zero attached hydrogens (tertiary/aromatic N) is 4. The zero-order valence-electron chi connectivity index (χ0n) is 26.3. The number of rotatable bonds is 6. The van der Waals surface area contributed by atoms with Crippen molar-refractivity contribution >= 4 is 23.3 Å². The van der Waals surface area contributed by atoms with Gasteiger partial charge in [0.1, 0.15) is 5.75 Å². The molecule has 4 N–H and O–H groups in total. The summed E-state index contributed by atoms with van der Waals surface area (Å²) in [5.41, 5.74) is 3.55. The molecule has 0 spiro atoms. The number of benzene rings is 1. The first-order valence-corrected chi connectivity index (χ1v) is 15.8. The Morgan fingerprint density at radius 2 is 1.87 bits per heavy atom. The van der Waals surface area contributed by atoms with E-state index in [1.54, 1.807) is 23.2 Å². The molecular formula is C33H41F2N7O4. The minimum absolute atomic E-state index is 0.000923. The number of hydrogen-bond acceptors (Lipinski definition) is 9. The van der Waals surface area contributed by atoms with Crippen LogP contribution < -0.4 is 20.7 Å². The van der Waals surface area contributed by atoms with Crippen LogP contribution in [0.15, 0.2) is 70.8 Å². The molecule has 13 heteroatoms. The topological polar surface area (TPSA) is 122 Å². The van der Waals surface area contributed by atoms with Gasteiger partial charge in [-0.15, -0.1) is 0 Å². The number of carbonyl (C=O) groups is 2. The second kappa shape index (κ2) is 12.9. The van der Waals surface area contributed by atoms with E-state index in [1.165, 1.54) is 12.1 Å². The van der Waals surface area contributed by atoms with Crippen molar-refractivity contribution < 1.29 is 28.2 Å². The Hall–Kier alpha value is -4.23. The molecule has 246 valence electrons. The van der Waals surface area contributed by atoms with Crippen LogP contribution in [-0.4, -0.2) is 95.1 Å². The number of aliphatic hydroxyl groups excluding tert-OH is 1. The molecule has 2 amide bonds. The number of carbonyl (C=O) groups excluding carboxylic acids is 2. The Morgan fingerprint density at radius 1 is 1.15 bits per heavy atom. The number of aliphatic hydroxyl groups is 1. The second-order valence-corrected chi connectivity index (χ2v) is 12.6. The first kappa shape index (κ1) is 31.7. The van der Waals surface area contributed by atoms with Gasteiger partial charge in [-0.1, -0.05) is 6.92 Å². The lowest BCUT2D eigenvalue weighted by atomic mass is 9.87. The smallest absolute Gasteiger partial charge is 0.387 e. The van der Waals surface area contributed by atoms with Crippen molar-refractivity contribution in [3.8, 4) is 5.75 Å². The van der Waals surface area contributed by atoms with Crippen molar-refractivity contribution in [2.75, 3.05) is 39.3 Å². The minimum Gasteiger partial charge on any atom is -0.435 e. The summed E-state index contributed by atoms with van der Waals surface area (Å²) in [6.45, 7) is 6.15. The maximum absolute atomic E-state index is 13.6. The summed E-state index contributed by atoms with van der Waals surface area (Å²) >= 11 is 0. The molecule has 4 atom stereocenters. The number of piperazine rings is 1. The first-order valence-electron chi connectivity index (χ1n) is 15.8. The highest BCUT2D eigenvalue weighted by atomic mass is 19.3. The summed E-state index contributed by atoms with van der Waals surface area (Å²) in [6, 6.07) is 6.50. The molecule has 0 aromatic heterocycles. The Labute approximate surface area is 267 Å². The number of halogens is 2. The molecule has 46 heavy (non-hydrogen) atoms. The van der Waals surface area contributed by atoms with E-state index in [2.05, 4.69) is 32.6 Å². The molecule has 11 nitrogen and oxygen atoms in total. The average Bonchev–Trinajstić information content (AvgIpc) is 3.40. The summed E-state index contributed by atoms with van der Waals surface area (Å²) in [6.07, 6.45) is 7.97. The maximum atomic E-state index is 13.6. The molecule has 2 fully saturated rings. The van der Waals surface area contributed by atoms with Gasteiger partial charge in [0.15, 0.2) is 11.5 Å². The Kier molecular flexibility index (Phi) is 8.88. The standard InChI is InChI=1S/C33H41F2N7O4/c1-20-17-26(21(2)16-25(20)30(45)41-14-12-40(13-15-41)29(44)24-8-9-36-19-28(24)43)39-31-33(3)38-18-27(42(33)11-10-37-31)22-4-6-23(7-5-22)46-32(34)35/h4-7,10-11,17-18,21,24,28,32,36,38,43H,8-9,12-16,19H2,1-3H3,(H,37,39)/t21?,24-,28+,33?/m0/s1. The van der Waals surface area contributed by atoms with E-state index in [1.807, 2.05) is 42.1 Å². The van der Waals surface area contributed by atoms with Gasteiger partial charge in [0.2, 0.25) is 11.8 Å². The lowest BCUT2D eigenvalue weighted by molar-refractivity contribution is -0.144. The summed E-state index contributed by atoms with van der Waals surface area (Å²) in [4.78, 5) is 37.0. The molecule has 5 aliphatic rings. The van der Waals surface area contributed by atoms with E-state index >= 15 is 0 Å². The van der Waals surface area contributed by atoms with Crippen LogP contribution in [0.2, 0.25) is 0 Å². The van der Waals surface area contributed by atoms with Gasteiger partial charge in [-0.3, -0.25) is 9.59 Å². The number of piperidine rings is 1. The van der Waals surface area contributed by atoms with Crippen LogP contribution in [0.5, 0.6) is 5.75 Å². The number of fused-ring (bicyclic) bond motifs is 1. The third kappa shape index (κ3) is 6.13. The van der Waals surface area contributed by atoms with Crippen molar-refractivity contribution in [3.05, 3.63) is 71.3 Å². The fraction of sp³-hybridized carbons (Fsp3) is 0.485. The van der Waals surface area contributed by atoms with Crippen LogP contribution in [0, 0.1) is 11.8 Å². The Balaban J connectivity index is 1.10. The summed E-state index contributed by atoms with van der Waals surface area (Å²) in [5, 5.41) is 20.3. The molecule has 2 unspecified atom stereocenters. The summed E-state index contributed by atoms with van der Waals surface area (Å²) in [7, 11) is 0. The summed E-state index contributed by atoms with van der Waals surface area (Å²) in [5.74, 6) is 0.391. The molecule has 4 heterocycles. The molecule has 1 aromatic rings. The van der Waals surface area contributed by atoms with Gasteiger partial charge in [0, 0.05) is 68.5 Å². The van der Waals surface area contributed by atoms with E-state index in [4.69, 9.17) is 0 Å². The lowest BCUT2D eigenvalue weighted by Gasteiger charge is -2.40. The van der Waals surface area contributed by atoms with Gasteiger partial charge >= 0.3 is 6.61 Å². The van der Waals surface area contributed by atoms with Gasteiger partial charge in [-0.05, 0) is 74.7 Å². The first-order chi connectivity index (χ1) is 22.0. The molecule has 0 saturated carbocycles. The van der Waals surface area contributed by atoms with Crippen molar-refractivity contribution in [1.82, 2.24) is 30.7 Å². The molecule has 0 radical (unpaired) electrons. The quantitative estimate of drug-likeness (QED) is 0.376. The predicted octanol–water partition coefficient (Wildman–Crippen LogP) is 2.56. The normalized spacial score (nSPS) is 27.9. The largest absolute Gasteiger partial charge is 0.435 e. The maximum Gasteiger partial charge on any atom is 0.387 e. The highest BCUT2D eigenvalue weighted by molar-refractivity contribution is 5.98. The SMILES string of the molecule is CC1=C(C(=O)N2CCN(C(=O)[C@H]3CCNC[C@H]3O)CC2)CC(C)C(NC2=NC=CN3C(c4ccc(OC(F)F)cc4)=CNC23C)=C1. The minimum atomic E-state index is -2.88. The molecule has 6 rings (SSSR count). The number of alkyl halides is 2. The number of ether oxygens (including phenoxy) is 1. The van der Waals surface area contributed by atoms with E-state index in [0.29, 0.717) is 51.4 Å². The second-order valence-electron chi connectivity index (χ2n) is 12.6. The van der Waals surface area contributed by atoms with Crippen molar-refractivity contribution in [3.63, 3.8) is 0 Å². The fourth-order valence-electron chi connectivity index (χ4n) is 6.76. The molecule has 2 saturated heterocycles. The molecule has 1 aromatic carbocycles. The van der Waals surface area contributed by atoms with E-state index in [0.717, 1.165) is 34.6 Å².